The summed E-state index contributed by atoms with van der Waals surface area (Å²) in [7, 11) is -2.88. The maximum Gasteiger partial charge on any atom is 0.153 e. The maximum atomic E-state index is 11.7. The lowest BCUT2D eigenvalue weighted by Gasteiger charge is -2.40. The van der Waals surface area contributed by atoms with E-state index in [1.807, 2.05) is 13.8 Å². The van der Waals surface area contributed by atoms with E-state index in [-0.39, 0.29) is 29.6 Å². The molecule has 0 spiro atoms. The molecule has 1 aliphatic heterocycles. The minimum absolute atomic E-state index is 0.0127. The van der Waals surface area contributed by atoms with Gasteiger partial charge in [0.2, 0.25) is 0 Å². The van der Waals surface area contributed by atoms with Crippen molar-refractivity contribution in [2.24, 2.45) is 5.73 Å². The van der Waals surface area contributed by atoms with E-state index in [0.717, 1.165) is 0 Å². The molecule has 3 atom stereocenters. The Hall–Kier alpha value is -0.430. The first-order chi connectivity index (χ1) is 8.80. The van der Waals surface area contributed by atoms with E-state index in [0.29, 0.717) is 6.54 Å². The van der Waals surface area contributed by atoms with Crippen molar-refractivity contribution in [2.75, 3.05) is 18.1 Å². The summed E-state index contributed by atoms with van der Waals surface area (Å²) < 4.78 is 23.4. The number of hydrogen-bond donors (Lipinski definition) is 1. The summed E-state index contributed by atoms with van der Waals surface area (Å²) >= 11 is 1.75. The average molecular weight is 302 g/mol. The van der Waals surface area contributed by atoms with E-state index in [1.54, 1.807) is 11.3 Å². The quantitative estimate of drug-likeness (QED) is 0.920. The highest BCUT2D eigenvalue weighted by atomic mass is 32.2. The first kappa shape index (κ1) is 15.0. The van der Waals surface area contributed by atoms with Crippen LogP contribution in [0, 0.1) is 6.92 Å². The summed E-state index contributed by atoms with van der Waals surface area (Å²) in [6.45, 7) is 6.63. The van der Waals surface area contributed by atoms with Gasteiger partial charge in [0, 0.05) is 28.4 Å². The molecule has 0 aromatic carbocycles. The molecule has 1 aromatic heterocycles. The van der Waals surface area contributed by atoms with E-state index < -0.39 is 9.84 Å². The summed E-state index contributed by atoms with van der Waals surface area (Å²) in [5.74, 6) is 0.478. The zero-order chi connectivity index (χ0) is 14.2. The van der Waals surface area contributed by atoms with Gasteiger partial charge in [0.05, 0.1) is 17.5 Å². The predicted molar refractivity (Wildman–Crippen MR) is 80.3 cm³/mol. The molecule has 6 heteroatoms. The average Bonchev–Trinajstić information content (AvgIpc) is 2.67. The number of aryl methyl sites for hydroxylation is 1. The Bertz CT molecular complexity index is 537. The van der Waals surface area contributed by atoms with Crippen molar-refractivity contribution in [1.82, 2.24) is 4.90 Å². The van der Waals surface area contributed by atoms with Gasteiger partial charge in [0.25, 0.3) is 0 Å². The lowest BCUT2D eigenvalue weighted by molar-refractivity contribution is 0.142. The third-order valence-corrected chi connectivity index (χ3v) is 6.50. The van der Waals surface area contributed by atoms with E-state index in [4.69, 9.17) is 5.73 Å². The van der Waals surface area contributed by atoms with E-state index in [1.165, 1.54) is 9.75 Å². The van der Waals surface area contributed by atoms with Gasteiger partial charge in [-0.3, -0.25) is 4.90 Å². The molecule has 2 N–H and O–H groups in total. The van der Waals surface area contributed by atoms with E-state index in [2.05, 4.69) is 24.0 Å². The summed E-state index contributed by atoms with van der Waals surface area (Å²) in [5.41, 5.74) is 6.15. The Balaban J connectivity index is 2.26. The van der Waals surface area contributed by atoms with Crippen LogP contribution < -0.4 is 5.73 Å². The van der Waals surface area contributed by atoms with Crippen molar-refractivity contribution in [3.05, 3.63) is 21.9 Å². The van der Waals surface area contributed by atoms with E-state index >= 15 is 0 Å². The van der Waals surface area contributed by atoms with Crippen LogP contribution in [0.1, 0.15) is 29.6 Å². The number of sulfone groups is 1. The number of nitrogens with zero attached hydrogens (tertiary/aromatic N) is 1. The van der Waals surface area contributed by atoms with Gasteiger partial charge >= 0.3 is 0 Å². The highest BCUT2D eigenvalue weighted by Gasteiger charge is 2.35. The van der Waals surface area contributed by atoms with Gasteiger partial charge < -0.3 is 5.73 Å². The Kier molecular flexibility index (Phi) is 4.35. The molecule has 0 aliphatic carbocycles. The fourth-order valence-electron chi connectivity index (χ4n) is 2.76. The van der Waals surface area contributed by atoms with Crippen molar-refractivity contribution < 1.29 is 8.42 Å². The van der Waals surface area contributed by atoms with Crippen LogP contribution in [0.25, 0.3) is 0 Å². The van der Waals surface area contributed by atoms with Gasteiger partial charge in [-0.2, -0.15) is 0 Å². The number of thiophene rings is 1. The number of hydrogen-bond acceptors (Lipinski definition) is 5. The third kappa shape index (κ3) is 3.37. The van der Waals surface area contributed by atoms with Crippen LogP contribution in [0.4, 0.5) is 0 Å². The Labute approximate surface area is 119 Å². The molecule has 0 saturated carbocycles. The summed E-state index contributed by atoms with van der Waals surface area (Å²) in [5, 5.41) is 0. The smallest absolute Gasteiger partial charge is 0.153 e. The summed E-state index contributed by atoms with van der Waals surface area (Å²) in [6, 6.07) is 4.34. The Morgan fingerprint density at radius 2 is 2.16 bits per heavy atom. The van der Waals surface area contributed by atoms with Crippen molar-refractivity contribution in [1.29, 1.82) is 0 Å². The molecule has 1 aromatic rings. The van der Waals surface area contributed by atoms with Crippen LogP contribution in [-0.2, 0) is 9.84 Å². The molecule has 3 unspecified atom stereocenters. The third-order valence-electron chi connectivity index (χ3n) is 3.63. The standard InChI is InChI=1S/C13H22N2O2S2/c1-9-8-19(16,17)7-6-15(9)13(11(3)14)12-5-4-10(2)18-12/h4-5,9,11,13H,6-8,14H2,1-3H3. The molecule has 1 fully saturated rings. The van der Waals surface area contributed by atoms with E-state index in [9.17, 15) is 8.42 Å². The Morgan fingerprint density at radius 1 is 1.47 bits per heavy atom. The lowest BCUT2D eigenvalue weighted by atomic mass is 10.1. The van der Waals surface area contributed by atoms with Crippen LogP contribution in [0.15, 0.2) is 12.1 Å². The highest BCUT2D eigenvalue weighted by molar-refractivity contribution is 7.91. The maximum absolute atomic E-state index is 11.7. The molecule has 1 aliphatic rings. The minimum atomic E-state index is -2.88. The van der Waals surface area contributed by atoms with Crippen LogP contribution in [-0.4, -0.2) is 43.5 Å². The number of rotatable bonds is 3. The van der Waals surface area contributed by atoms with Crippen LogP contribution in [0.3, 0.4) is 0 Å². The van der Waals surface area contributed by atoms with Gasteiger partial charge in [0.1, 0.15) is 0 Å². The van der Waals surface area contributed by atoms with Gasteiger partial charge in [-0.25, -0.2) is 8.42 Å². The van der Waals surface area contributed by atoms with Crippen LogP contribution in [0.5, 0.6) is 0 Å². The first-order valence-corrected chi connectivity index (χ1v) is 9.22. The summed E-state index contributed by atoms with van der Waals surface area (Å²) in [4.78, 5) is 4.74. The monoisotopic (exact) mass is 302 g/mol. The topological polar surface area (TPSA) is 63.4 Å². The molecule has 0 amide bonds. The SMILES string of the molecule is Cc1ccc(C(C(C)N)N2CCS(=O)(=O)CC2C)s1. The fraction of sp³-hybridized carbons (Fsp3) is 0.692. The van der Waals surface area contributed by atoms with Crippen molar-refractivity contribution in [3.63, 3.8) is 0 Å². The molecule has 0 radical (unpaired) electrons. The zero-order valence-electron chi connectivity index (χ0n) is 11.7. The first-order valence-electron chi connectivity index (χ1n) is 6.58. The Morgan fingerprint density at radius 3 is 2.63 bits per heavy atom. The normalized spacial score (nSPS) is 27.1. The van der Waals surface area contributed by atoms with Gasteiger partial charge in [-0.15, -0.1) is 11.3 Å². The van der Waals surface area contributed by atoms with Crippen LogP contribution in [0.2, 0.25) is 0 Å². The molecule has 4 nitrogen and oxygen atoms in total. The zero-order valence-corrected chi connectivity index (χ0v) is 13.3. The molecule has 0 bridgehead atoms. The molecule has 1 saturated heterocycles. The van der Waals surface area contributed by atoms with Crippen molar-refractivity contribution in [3.8, 4) is 0 Å². The largest absolute Gasteiger partial charge is 0.326 e. The molecule has 2 heterocycles. The molecule has 19 heavy (non-hydrogen) atoms. The van der Waals surface area contributed by atoms with Gasteiger partial charge in [0.15, 0.2) is 9.84 Å². The molecular weight excluding hydrogens is 280 g/mol. The predicted octanol–water partition coefficient (Wildman–Crippen LogP) is 1.56. The van der Waals surface area contributed by atoms with Crippen molar-refractivity contribution >= 4 is 21.2 Å². The molecular formula is C13H22N2O2S2. The van der Waals surface area contributed by atoms with Crippen LogP contribution >= 0.6 is 11.3 Å². The second kappa shape index (κ2) is 5.52. The lowest BCUT2D eigenvalue weighted by Crippen LogP contribution is -2.51. The minimum Gasteiger partial charge on any atom is -0.326 e. The van der Waals surface area contributed by atoms with Gasteiger partial charge in [-0.05, 0) is 32.9 Å². The molecule has 2 rings (SSSR count). The second-order valence-electron chi connectivity index (χ2n) is 5.45. The fourth-order valence-corrected chi connectivity index (χ4v) is 5.46. The molecule has 108 valence electrons. The highest BCUT2D eigenvalue weighted by Crippen LogP contribution is 2.32. The van der Waals surface area contributed by atoms with Crippen molar-refractivity contribution in [2.45, 2.75) is 38.9 Å². The summed E-state index contributed by atoms with van der Waals surface area (Å²) in [6.07, 6.45) is 0. The number of nitrogens with two attached hydrogens (primary N) is 1. The second-order valence-corrected chi connectivity index (χ2v) is 9.00. The van der Waals surface area contributed by atoms with Gasteiger partial charge in [-0.1, -0.05) is 0 Å².